The largest absolute Gasteiger partial charge is 0.381 e. The Morgan fingerprint density at radius 3 is 2.62 bits per heavy atom. The Balaban J connectivity index is 1.49. The van der Waals surface area contributed by atoms with Crippen LogP contribution in [0.15, 0.2) is 42.9 Å². The first-order valence-electron chi connectivity index (χ1n) is 11.2. The maximum Gasteiger partial charge on any atom is 0.225 e. The van der Waals surface area contributed by atoms with Gasteiger partial charge >= 0.3 is 0 Å². The monoisotopic (exact) mass is 429 g/mol. The van der Waals surface area contributed by atoms with Gasteiger partial charge in [-0.2, -0.15) is 10.4 Å². The molecule has 1 aromatic carbocycles. The SMILES string of the molecule is N#Cc1ccc(-c2nc(N3CCC(N)CC3)ncc2-c2cnn(CC3CCOC3)c2)cc1. The number of hydrogen-bond acceptors (Lipinski definition) is 7. The van der Waals surface area contributed by atoms with E-state index in [0.29, 0.717) is 11.5 Å². The zero-order valence-corrected chi connectivity index (χ0v) is 18.0. The zero-order valence-electron chi connectivity index (χ0n) is 18.0. The second-order valence-corrected chi connectivity index (χ2v) is 8.63. The van der Waals surface area contributed by atoms with E-state index in [1.807, 2.05) is 41.3 Å². The molecule has 1 unspecified atom stereocenters. The van der Waals surface area contributed by atoms with Crippen LogP contribution >= 0.6 is 0 Å². The molecule has 2 aliphatic rings. The van der Waals surface area contributed by atoms with Gasteiger partial charge in [-0.05, 0) is 31.4 Å². The third kappa shape index (κ3) is 4.35. The highest BCUT2D eigenvalue weighted by atomic mass is 16.5. The molecule has 32 heavy (non-hydrogen) atoms. The van der Waals surface area contributed by atoms with Gasteiger partial charge in [-0.25, -0.2) is 9.97 Å². The number of rotatable bonds is 5. The van der Waals surface area contributed by atoms with Gasteiger partial charge in [-0.3, -0.25) is 4.68 Å². The van der Waals surface area contributed by atoms with E-state index in [2.05, 4.69) is 22.3 Å². The van der Waals surface area contributed by atoms with Crippen molar-refractivity contribution in [1.29, 1.82) is 5.26 Å². The lowest BCUT2D eigenvalue weighted by atomic mass is 10.0. The summed E-state index contributed by atoms with van der Waals surface area (Å²) in [6.07, 6.45) is 8.78. The molecule has 8 nitrogen and oxygen atoms in total. The van der Waals surface area contributed by atoms with Crippen molar-refractivity contribution < 1.29 is 4.74 Å². The van der Waals surface area contributed by atoms with E-state index in [1.54, 1.807) is 0 Å². The summed E-state index contributed by atoms with van der Waals surface area (Å²) in [5, 5.41) is 13.8. The van der Waals surface area contributed by atoms with Gasteiger partial charge in [0.25, 0.3) is 0 Å². The van der Waals surface area contributed by atoms with Gasteiger partial charge in [0.1, 0.15) is 0 Å². The van der Waals surface area contributed by atoms with E-state index in [9.17, 15) is 5.26 Å². The number of benzene rings is 1. The average Bonchev–Trinajstić information content (AvgIpc) is 3.52. The normalized spacial score (nSPS) is 19.2. The first kappa shape index (κ1) is 20.6. The van der Waals surface area contributed by atoms with Gasteiger partial charge in [-0.1, -0.05) is 12.1 Å². The van der Waals surface area contributed by atoms with E-state index < -0.39 is 0 Å². The highest BCUT2D eigenvalue weighted by Crippen LogP contribution is 2.32. The van der Waals surface area contributed by atoms with Gasteiger partial charge < -0.3 is 15.4 Å². The molecule has 8 heteroatoms. The molecular formula is C24H27N7O. The van der Waals surface area contributed by atoms with E-state index in [4.69, 9.17) is 20.4 Å². The molecule has 0 radical (unpaired) electrons. The number of piperidine rings is 1. The summed E-state index contributed by atoms with van der Waals surface area (Å²) >= 11 is 0. The number of hydrogen-bond donors (Lipinski definition) is 1. The molecule has 0 saturated carbocycles. The Hall–Kier alpha value is -3.28. The number of nitrogens with two attached hydrogens (primary N) is 1. The molecule has 3 aromatic rings. The van der Waals surface area contributed by atoms with Gasteiger partial charge in [0, 0.05) is 67.3 Å². The van der Waals surface area contributed by atoms with Crippen LogP contribution in [0.1, 0.15) is 24.8 Å². The van der Waals surface area contributed by atoms with Crippen LogP contribution in [-0.4, -0.2) is 52.1 Å². The predicted octanol–water partition coefficient (Wildman–Crippen LogP) is 2.84. The lowest BCUT2D eigenvalue weighted by molar-refractivity contribution is 0.181. The highest BCUT2D eigenvalue weighted by molar-refractivity contribution is 5.80. The first-order valence-corrected chi connectivity index (χ1v) is 11.2. The number of nitriles is 1. The molecule has 2 aromatic heterocycles. The molecule has 4 heterocycles. The summed E-state index contributed by atoms with van der Waals surface area (Å²) in [6, 6.07) is 9.97. The van der Waals surface area contributed by atoms with Crippen molar-refractivity contribution in [3.05, 3.63) is 48.4 Å². The van der Waals surface area contributed by atoms with Crippen LogP contribution in [0.25, 0.3) is 22.4 Å². The Labute approximate surface area is 187 Å². The fourth-order valence-electron chi connectivity index (χ4n) is 4.35. The van der Waals surface area contributed by atoms with Crippen LogP contribution < -0.4 is 10.6 Å². The van der Waals surface area contributed by atoms with Crippen LogP contribution in [0.4, 0.5) is 5.95 Å². The smallest absolute Gasteiger partial charge is 0.225 e. The van der Waals surface area contributed by atoms with Crippen molar-refractivity contribution in [2.24, 2.45) is 11.7 Å². The zero-order chi connectivity index (χ0) is 21.9. The third-order valence-electron chi connectivity index (χ3n) is 6.30. The van der Waals surface area contributed by atoms with Crippen molar-refractivity contribution in [3.63, 3.8) is 0 Å². The van der Waals surface area contributed by atoms with Crippen LogP contribution in [0.5, 0.6) is 0 Å². The van der Waals surface area contributed by atoms with E-state index in [1.165, 1.54) is 0 Å². The number of aromatic nitrogens is 4. The molecule has 0 bridgehead atoms. The molecule has 2 saturated heterocycles. The molecule has 0 spiro atoms. The molecule has 0 aliphatic carbocycles. The summed E-state index contributed by atoms with van der Waals surface area (Å²) in [7, 11) is 0. The van der Waals surface area contributed by atoms with Crippen molar-refractivity contribution in [2.75, 3.05) is 31.2 Å². The molecule has 2 N–H and O–H groups in total. The molecule has 164 valence electrons. The maximum atomic E-state index is 9.17. The number of anilines is 1. The lowest BCUT2D eigenvalue weighted by Gasteiger charge is -2.30. The van der Waals surface area contributed by atoms with Gasteiger partial charge in [0.2, 0.25) is 5.95 Å². The van der Waals surface area contributed by atoms with E-state index >= 15 is 0 Å². The van der Waals surface area contributed by atoms with Crippen molar-refractivity contribution in [2.45, 2.75) is 31.8 Å². The van der Waals surface area contributed by atoms with Gasteiger partial charge in [0.05, 0.1) is 30.1 Å². The topological polar surface area (TPSA) is 106 Å². The van der Waals surface area contributed by atoms with Crippen molar-refractivity contribution in [1.82, 2.24) is 19.7 Å². The summed E-state index contributed by atoms with van der Waals surface area (Å²) in [5.41, 5.74) is 10.4. The average molecular weight is 430 g/mol. The Kier molecular flexibility index (Phi) is 5.84. The fourth-order valence-corrected chi connectivity index (χ4v) is 4.35. The van der Waals surface area contributed by atoms with E-state index in [-0.39, 0.29) is 6.04 Å². The second kappa shape index (κ2) is 9.07. The predicted molar refractivity (Wildman–Crippen MR) is 122 cm³/mol. The third-order valence-corrected chi connectivity index (χ3v) is 6.30. The quantitative estimate of drug-likeness (QED) is 0.665. The molecule has 5 rings (SSSR count). The second-order valence-electron chi connectivity index (χ2n) is 8.63. The standard InChI is InChI=1S/C24H27N7O/c25-11-17-1-3-19(4-2-17)23-22(13-27-24(29-23)30-8-5-21(26)6-9-30)20-12-28-31(15-20)14-18-7-10-32-16-18/h1-4,12-13,15,18,21H,5-10,14,16,26H2. The van der Waals surface area contributed by atoms with Crippen molar-refractivity contribution >= 4 is 5.95 Å². The molecular weight excluding hydrogens is 402 g/mol. The fraction of sp³-hybridized carbons (Fsp3) is 0.417. The van der Waals surface area contributed by atoms with E-state index in [0.717, 1.165) is 80.4 Å². The van der Waals surface area contributed by atoms with Crippen LogP contribution in [0.3, 0.4) is 0 Å². The molecule has 0 amide bonds. The molecule has 1 atom stereocenters. The summed E-state index contributed by atoms with van der Waals surface area (Å²) in [4.78, 5) is 11.9. The lowest BCUT2D eigenvalue weighted by Crippen LogP contribution is -2.40. The van der Waals surface area contributed by atoms with Crippen LogP contribution in [0, 0.1) is 17.2 Å². The maximum absolute atomic E-state index is 9.17. The Morgan fingerprint density at radius 2 is 1.91 bits per heavy atom. The Bertz CT molecular complexity index is 1100. The number of nitrogens with zero attached hydrogens (tertiary/aromatic N) is 6. The first-order chi connectivity index (χ1) is 15.7. The minimum atomic E-state index is 0.250. The summed E-state index contributed by atoms with van der Waals surface area (Å²) < 4.78 is 7.48. The minimum Gasteiger partial charge on any atom is -0.381 e. The van der Waals surface area contributed by atoms with Gasteiger partial charge in [0.15, 0.2) is 0 Å². The Morgan fingerprint density at radius 1 is 1.09 bits per heavy atom. The van der Waals surface area contributed by atoms with Crippen molar-refractivity contribution in [3.8, 4) is 28.5 Å². The van der Waals surface area contributed by atoms with Crippen LogP contribution in [-0.2, 0) is 11.3 Å². The highest BCUT2D eigenvalue weighted by Gasteiger charge is 2.21. The van der Waals surface area contributed by atoms with Gasteiger partial charge in [-0.15, -0.1) is 0 Å². The molecule has 2 fully saturated rings. The molecule has 2 aliphatic heterocycles. The number of ether oxygens (including phenoxy) is 1. The minimum absolute atomic E-state index is 0.250. The summed E-state index contributed by atoms with van der Waals surface area (Å²) in [6.45, 7) is 4.18. The summed E-state index contributed by atoms with van der Waals surface area (Å²) in [5.74, 6) is 1.22. The van der Waals surface area contributed by atoms with Crippen LogP contribution in [0.2, 0.25) is 0 Å².